The number of aromatic nitrogens is 1. The van der Waals surface area contributed by atoms with Crippen molar-refractivity contribution in [3.63, 3.8) is 0 Å². The van der Waals surface area contributed by atoms with Crippen molar-refractivity contribution < 1.29 is 19.1 Å². The number of carbonyl (C=O) groups is 2. The van der Waals surface area contributed by atoms with E-state index in [0.29, 0.717) is 36.0 Å². The van der Waals surface area contributed by atoms with Crippen molar-refractivity contribution in [2.45, 2.75) is 32.9 Å². The summed E-state index contributed by atoms with van der Waals surface area (Å²) in [5.41, 5.74) is 3.28. The fourth-order valence-corrected chi connectivity index (χ4v) is 4.08. The zero-order valence-corrected chi connectivity index (χ0v) is 19.0. The summed E-state index contributed by atoms with van der Waals surface area (Å²) in [6.07, 6.45) is 1.71. The molecular formula is C26H27N3O4. The number of methoxy groups -OCH3 is 1. The number of aryl methyl sites for hydroxylation is 1. The van der Waals surface area contributed by atoms with Crippen molar-refractivity contribution in [1.82, 2.24) is 9.88 Å². The number of nitrogens with zero attached hydrogens (tertiary/aromatic N) is 2. The Morgan fingerprint density at radius 2 is 1.97 bits per heavy atom. The van der Waals surface area contributed by atoms with Gasteiger partial charge in [-0.05, 0) is 54.8 Å². The fraction of sp³-hybridized carbons (Fsp3) is 0.269. The van der Waals surface area contributed by atoms with Crippen LogP contribution >= 0.6 is 0 Å². The summed E-state index contributed by atoms with van der Waals surface area (Å²) < 4.78 is 11.2. The Bertz CT molecular complexity index is 1180. The lowest BCUT2D eigenvalue weighted by atomic mass is 10.0. The smallest absolute Gasteiger partial charge is 0.255 e. The van der Waals surface area contributed by atoms with Crippen LogP contribution in [0.2, 0.25) is 0 Å². The van der Waals surface area contributed by atoms with Gasteiger partial charge in [-0.2, -0.15) is 0 Å². The van der Waals surface area contributed by atoms with Crippen LogP contribution in [-0.4, -0.2) is 35.4 Å². The van der Waals surface area contributed by atoms with Crippen LogP contribution in [0.4, 0.5) is 5.82 Å². The molecule has 1 N–H and O–H groups in total. The lowest BCUT2D eigenvalue weighted by Crippen LogP contribution is -2.32. The first kappa shape index (κ1) is 22.3. The third kappa shape index (κ3) is 4.67. The molecule has 7 nitrogen and oxygen atoms in total. The molecule has 2 amide bonds. The Balaban J connectivity index is 1.66. The Labute approximate surface area is 193 Å². The van der Waals surface area contributed by atoms with Gasteiger partial charge in [0.2, 0.25) is 5.91 Å². The van der Waals surface area contributed by atoms with E-state index in [1.165, 1.54) is 0 Å². The van der Waals surface area contributed by atoms with Gasteiger partial charge in [0.05, 0.1) is 26.2 Å². The fourth-order valence-electron chi connectivity index (χ4n) is 4.08. The van der Waals surface area contributed by atoms with Crippen molar-refractivity contribution in [1.29, 1.82) is 0 Å². The predicted octanol–water partition coefficient (Wildman–Crippen LogP) is 4.52. The van der Waals surface area contributed by atoms with Crippen LogP contribution in [0.3, 0.4) is 0 Å². The molecule has 7 heteroatoms. The predicted molar refractivity (Wildman–Crippen MR) is 125 cm³/mol. The van der Waals surface area contributed by atoms with E-state index in [1.54, 1.807) is 18.2 Å². The molecule has 3 aromatic rings. The van der Waals surface area contributed by atoms with Crippen LogP contribution in [0.15, 0.2) is 60.8 Å². The van der Waals surface area contributed by atoms with Crippen molar-refractivity contribution in [3.05, 3.63) is 83.0 Å². The number of ether oxygens (including phenoxy) is 2. The molecule has 0 bridgehead atoms. The molecule has 33 heavy (non-hydrogen) atoms. The highest BCUT2D eigenvalue weighted by molar-refractivity contribution is 5.99. The maximum atomic E-state index is 13.3. The third-order valence-corrected chi connectivity index (χ3v) is 5.74. The van der Waals surface area contributed by atoms with Crippen molar-refractivity contribution >= 4 is 17.6 Å². The first-order chi connectivity index (χ1) is 16.0. The normalized spacial score (nSPS) is 13.4. The quantitative estimate of drug-likeness (QED) is 0.551. The molecule has 1 aliphatic rings. The number of benzene rings is 2. The number of nitrogens with one attached hydrogen (secondary N) is 1. The van der Waals surface area contributed by atoms with E-state index < -0.39 is 6.04 Å². The second-order valence-electron chi connectivity index (χ2n) is 7.87. The van der Waals surface area contributed by atoms with E-state index in [-0.39, 0.29) is 18.2 Å². The van der Waals surface area contributed by atoms with E-state index in [4.69, 9.17) is 9.47 Å². The number of rotatable bonds is 8. The third-order valence-electron chi connectivity index (χ3n) is 5.74. The molecule has 170 valence electrons. The number of amides is 2. The topological polar surface area (TPSA) is 80.8 Å². The zero-order chi connectivity index (χ0) is 23.4. The number of hydrogen-bond donors (Lipinski definition) is 1. The molecule has 0 aliphatic carbocycles. The van der Waals surface area contributed by atoms with E-state index >= 15 is 0 Å². The second-order valence-corrected chi connectivity index (χ2v) is 7.87. The van der Waals surface area contributed by atoms with Gasteiger partial charge in [-0.15, -0.1) is 0 Å². The zero-order valence-electron chi connectivity index (χ0n) is 19.0. The summed E-state index contributed by atoms with van der Waals surface area (Å²) in [4.78, 5) is 32.3. The summed E-state index contributed by atoms with van der Waals surface area (Å²) >= 11 is 0. The van der Waals surface area contributed by atoms with E-state index in [0.717, 1.165) is 16.7 Å². The Morgan fingerprint density at radius 1 is 1.15 bits per heavy atom. The maximum Gasteiger partial charge on any atom is 0.255 e. The molecule has 0 saturated carbocycles. The summed E-state index contributed by atoms with van der Waals surface area (Å²) in [6.45, 7) is 4.73. The Kier molecular flexibility index (Phi) is 6.58. The molecule has 0 fully saturated rings. The number of hydrogen-bond acceptors (Lipinski definition) is 5. The highest BCUT2D eigenvalue weighted by Gasteiger charge is 2.35. The molecule has 4 rings (SSSR count). The summed E-state index contributed by atoms with van der Waals surface area (Å²) in [5, 5.41) is 2.89. The van der Waals surface area contributed by atoms with Crippen LogP contribution in [0, 0.1) is 6.92 Å². The van der Waals surface area contributed by atoms with Crippen LogP contribution in [0.5, 0.6) is 11.5 Å². The minimum absolute atomic E-state index is 0.0763. The maximum absolute atomic E-state index is 13.3. The van der Waals surface area contributed by atoms with Crippen LogP contribution < -0.4 is 14.8 Å². The minimum Gasteiger partial charge on any atom is -0.493 e. The largest absolute Gasteiger partial charge is 0.493 e. The van der Waals surface area contributed by atoms with Crippen LogP contribution in [0.25, 0.3) is 0 Å². The molecule has 0 radical (unpaired) electrons. The molecule has 0 saturated heterocycles. The highest BCUT2D eigenvalue weighted by Crippen LogP contribution is 2.37. The summed E-state index contributed by atoms with van der Waals surface area (Å²) in [7, 11) is 1.57. The van der Waals surface area contributed by atoms with E-state index in [9.17, 15) is 9.59 Å². The van der Waals surface area contributed by atoms with Crippen LogP contribution in [-0.2, 0) is 11.3 Å². The van der Waals surface area contributed by atoms with Gasteiger partial charge in [-0.3, -0.25) is 9.59 Å². The molecule has 2 aromatic carbocycles. The average molecular weight is 446 g/mol. The van der Waals surface area contributed by atoms with E-state index in [1.807, 2.05) is 68.4 Å². The number of pyridine rings is 1. The summed E-state index contributed by atoms with van der Waals surface area (Å²) in [5.74, 6) is 1.38. The monoisotopic (exact) mass is 445 g/mol. The molecule has 1 unspecified atom stereocenters. The van der Waals surface area contributed by atoms with Crippen LogP contribution in [0.1, 0.15) is 46.4 Å². The number of anilines is 1. The van der Waals surface area contributed by atoms with Gasteiger partial charge >= 0.3 is 0 Å². The van der Waals surface area contributed by atoms with Crippen molar-refractivity contribution in [2.24, 2.45) is 0 Å². The van der Waals surface area contributed by atoms with Crippen molar-refractivity contribution in [3.8, 4) is 11.5 Å². The summed E-state index contributed by atoms with van der Waals surface area (Å²) in [6, 6.07) is 16.3. The highest BCUT2D eigenvalue weighted by atomic mass is 16.5. The Hall–Kier alpha value is -3.87. The van der Waals surface area contributed by atoms with Gasteiger partial charge in [-0.1, -0.05) is 30.3 Å². The van der Waals surface area contributed by atoms with Gasteiger partial charge in [0.15, 0.2) is 11.5 Å². The number of carbonyl (C=O) groups excluding carboxylic acids is 2. The molecule has 0 spiro atoms. The van der Waals surface area contributed by atoms with Gasteiger partial charge in [0.25, 0.3) is 5.91 Å². The van der Waals surface area contributed by atoms with Crippen molar-refractivity contribution in [2.75, 3.05) is 19.0 Å². The van der Waals surface area contributed by atoms with Gasteiger partial charge < -0.3 is 19.7 Å². The molecule has 2 heterocycles. The SMILES string of the molecule is CCOc1ccc(C(CC(=O)Nc2ncccc2C)N2Cc3ccccc3C2=O)cc1OC. The number of fused-ring (bicyclic) bond motifs is 1. The van der Waals surface area contributed by atoms with E-state index in [2.05, 4.69) is 10.3 Å². The lowest BCUT2D eigenvalue weighted by molar-refractivity contribution is -0.117. The first-order valence-corrected chi connectivity index (χ1v) is 10.9. The minimum atomic E-state index is -0.488. The molecule has 1 aromatic heterocycles. The average Bonchev–Trinajstić information content (AvgIpc) is 3.16. The molecular weight excluding hydrogens is 418 g/mol. The Morgan fingerprint density at radius 3 is 2.70 bits per heavy atom. The lowest BCUT2D eigenvalue weighted by Gasteiger charge is -2.28. The first-order valence-electron chi connectivity index (χ1n) is 10.9. The second kappa shape index (κ2) is 9.73. The molecule has 1 atom stereocenters. The molecule has 1 aliphatic heterocycles. The van der Waals surface area contributed by atoms with Gasteiger partial charge in [0, 0.05) is 18.3 Å². The van der Waals surface area contributed by atoms with Gasteiger partial charge in [0.1, 0.15) is 5.82 Å². The standard InChI is InChI=1S/C26H27N3O4/c1-4-33-22-12-11-18(14-23(22)32-3)21(15-24(30)28-25-17(2)8-7-13-27-25)29-16-19-9-5-6-10-20(19)26(29)31/h5-14,21H,4,15-16H2,1-3H3,(H,27,28,30). The van der Waals surface area contributed by atoms with Gasteiger partial charge in [-0.25, -0.2) is 4.98 Å².